The number of benzene rings is 1. The molecule has 0 saturated carbocycles. The van der Waals surface area contributed by atoms with E-state index in [0.29, 0.717) is 5.25 Å². The van der Waals surface area contributed by atoms with Crippen LogP contribution in [0.25, 0.3) is 0 Å². The predicted molar refractivity (Wildman–Crippen MR) is 59.9 cm³/mol. The molecule has 0 fully saturated rings. The van der Waals surface area contributed by atoms with Gasteiger partial charge in [0, 0.05) is 27.4 Å². The first-order chi connectivity index (χ1) is 6.29. The molecule has 13 heavy (non-hydrogen) atoms. The average molecular weight is 214 g/mol. The molecule has 0 bridgehead atoms. The number of hydrogen-bond donors (Lipinski definition) is 1. The molecule has 0 saturated heterocycles. The number of fused-ring (bicyclic) bond motifs is 1. The van der Waals surface area contributed by atoms with Gasteiger partial charge in [-0.3, -0.25) is 0 Å². The van der Waals surface area contributed by atoms with Crippen molar-refractivity contribution < 1.29 is 0 Å². The fraction of sp³-hybridized carbons (Fsp3) is 0.400. The molecule has 1 aliphatic rings. The molecule has 1 atom stereocenters. The molecule has 0 aromatic heterocycles. The lowest BCUT2D eigenvalue weighted by molar-refractivity contribution is 0.842. The average Bonchev–Trinajstić information content (AvgIpc) is 2.17. The highest BCUT2D eigenvalue weighted by Crippen LogP contribution is 2.37. The summed E-state index contributed by atoms with van der Waals surface area (Å²) in [6.45, 7) is 3.27. The van der Waals surface area contributed by atoms with Crippen LogP contribution in [0.4, 0.5) is 5.69 Å². The minimum Gasteiger partial charge on any atom is -0.383 e. The van der Waals surface area contributed by atoms with Crippen molar-refractivity contribution in [3.63, 3.8) is 0 Å². The number of nitrogens with one attached hydrogen (secondary N) is 1. The van der Waals surface area contributed by atoms with E-state index in [-0.39, 0.29) is 0 Å². The fourth-order valence-electron chi connectivity index (χ4n) is 1.42. The van der Waals surface area contributed by atoms with Crippen molar-refractivity contribution in [3.05, 3.63) is 23.2 Å². The van der Waals surface area contributed by atoms with Gasteiger partial charge in [0.1, 0.15) is 0 Å². The zero-order valence-electron chi connectivity index (χ0n) is 7.51. The van der Waals surface area contributed by atoms with Crippen LogP contribution in [0.2, 0.25) is 5.02 Å². The molecule has 0 aliphatic carbocycles. The second-order valence-corrected chi connectivity index (χ2v) is 4.95. The Kier molecular flexibility index (Phi) is 2.70. The van der Waals surface area contributed by atoms with Crippen LogP contribution >= 0.6 is 23.4 Å². The molecule has 1 aromatic rings. The van der Waals surface area contributed by atoms with Gasteiger partial charge in [-0.15, -0.1) is 11.8 Å². The van der Waals surface area contributed by atoms with Crippen molar-refractivity contribution in [1.82, 2.24) is 0 Å². The van der Waals surface area contributed by atoms with Crippen LogP contribution in [-0.2, 0) is 0 Å². The highest BCUT2D eigenvalue weighted by molar-refractivity contribution is 8.00. The van der Waals surface area contributed by atoms with E-state index >= 15 is 0 Å². The van der Waals surface area contributed by atoms with Gasteiger partial charge in [-0.25, -0.2) is 0 Å². The van der Waals surface area contributed by atoms with E-state index in [1.165, 1.54) is 17.0 Å². The fourth-order valence-corrected chi connectivity index (χ4v) is 2.69. The van der Waals surface area contributed by atoms with E-state index < -0.39 is 0 Å². The van der Waals surface area contributed by atoms with Crippen molar-refractivity contribution in [3.8, 4) is 0 Å². The zero-order chi connectivity index (χ0) is 9.26. The van der Waals surface area contributed by atoms with E-state index in [1.807, 2.05) is 23.9 Å². The Labute approximate surface area is 87.9 Å². The molecule has 1 N–H and O–H groups in total. The van der Waals surface area contributed by atoms with Gasteiger partial charge in [0.25, 0.3) is 0 Å². The van der Waals surface area contributed by atoms with E-state index in [1.54, 1.807) is 0 Å². The summed E-state index contributed by atoms with van der Waals surface area (Å²) in [5.41, 5.74) is 1.18. The molecule has 3 heteroatoms. The van der Waals surface area contributed by atoms with Crippen molar-refractivity contribution in [2.45, 2.75) is 23.5 Å². The second kappa shape index (κ2) is 3.81. The van der Waals surface area contributed by atoms with Gasteiger partial charge < -0.3 is 5.32 Å². The predicted octanol–water partition coefficient (Wildman–Crippen LogP) is 3.64. The van der Waals surface area contributed by atoms with Gasteiger partial charge in [0.2, 0.25) is 0 Å². The molecule has 70 valence electrons. The topological polar surface area (TPSA) is 12.0 Å². The second-order valence-electron chi connectivity index (χ2n) is 3.17. The molecule has 1 aromatic carbocycles. The zero-order valence-corrected chi connectivity index (χ0v) is 9.08. The number of thioether (sulfide) groups is 1. The van der Waals surface area contributed by atoms with Crippen LogP contribution in [0.3, 0.4) is 0 Å². The standard InChI is InChI=1S/C10H12ClNS/c1-2-8-6-12-9-5-7(11)3-4-10(9)13-8/h3-5,8,12H,2,6H2,1H3. The molecule has 0 spiro atoms. The summed E-state index contributed by atoms with van der Waals surface area (Å²) in [5, 5.41) is 4.91. The number of hydrogen-bond acceptors (Lipinski definition) is 2. The van der Waals surface area contributed by atoms with Crippen LogP contribution < -0.4 is 5.32 Å². The van der Waals surface area contributed by atoms with Gasteiger partial charge in [0.05, 0.1) is 0 Å². The minimum absolute atomic E-state index is 0.702. The lowest BCUT2D eigenvalue weighted by Gasteiger charge is -2.24. The van der Waals surface area contributed by atoms with Crippen LogP contribution in [0.15, 0.2) is 23.1 Å². The van der Waals surface area contributed by atoms with E-state index in [4.69, 9.17) is 11.6 Å². The lowest BCUT2D eigenvalue weighted by atomic mass is 10.2. The highest BCUT2D eigenvalue weighted by Gasteiger charge is 2.16. The first-order valence-corrected chi connectivity index (χ1v) is 5.75. The third-order valence-electron chi connectivity index (χ3n) is 2.21. The summed E-state index contributed by atoms with van der Waals surface area (Å²) in [6.07, 6.45) is 1.21. The highest BCUT2D eigenvalue weighted by atomic mass is 35.5. The summed E-state index contributed by atoms with van der Waals surface area (Å²) in [7, 11) is 0. The van der Waals surface area contributed by atoms with Crippen molar-refractivity contribution in [1.29, 1.82) is 0 Å². The first-order valence-electron chi connectivity index (χ1n) is 4.49. The van der Waals surface area contributed by atoms with E-state index in [2.05, 4.69) is 18.3 Å². The Morgan fingerprint density at radius 1 is 1.62 bits per heavy atom. The van der Waals surface area contributed by atoms with Gasteiger partial charge in [-0.05, 0) is 24.6 Å². The summed E-state index contributed by atoms with van der Waals surface area (Å²) in [6, 6.07) is 6.04. The lowest BCUT2D eigenvalue weighted by Crippen LogP contribution is -2.20. The summed E-state index contributed by atoms with van der Waals surface area (Å²) in [5.74, 6) is 0. The smallest absolute Gasteiger partial charge is 0.0493 e. The first kappa shape index (κ1) is 9.22. The van der Waals surface area contributed by atoms with Gasteiger partial charge in [0.15, 0.2) is 0 Å². The normalized spacial score (nSPS) is 20.6. The van der Waals surface area contributed by atoms with E-state index in [0.717, 1.165) is 11.6 Å². The largest absolute Gasteiger partial charge is 0.383 e. The third kappa shape index (κ3) is 1.94. The maximum absolute atomic E-state index is 5.90. The maximum Gasteiger partial charge on any atom is 0.0493 e. The molecule has 0 radical (unpaired) electrons. The molecule has 1 aliphatic heterocycles. The van der Waals surface area contributed by atoms with Crippen molar-refractivity contribution >= 4 is 29.1 Å². The molecule has 1 heterocycles. The Balaban J connectivity index is 2.26. The number of anilines is 1. The third-order valence-corrected chi connectivity index (χ3v) is 3.89. The van der Waals surface area contributed by atoms with Crippen molar-refractivity contribution in [2.75, 3.05) is 11.9 Å². The van der Waals surface area contributed by atoms with Crippen LogP contribution in [0, 0.1) is 0 Å². The molecule has 2 rings (SSSR count). The maximum atomic E-state index is 5.90. The number of rotatable bonds is 1. The van der Waals surface area contributed by atoms with E-state index in [9.17, 15) is 0 Å². The van der Waals surface area contributed by atoms with Gasteiger partial charge in [-0.1, -0.05) is 18.5 Å². The molecule has 1 nitrogen and oxygen atoms in total. The minimum atomic E-state index is 0.702. The van der Waals surface area contributed by atoms with Crippen LogP contribution in [-0.4, -0.2) is 11.8 Å². The SMILES string of the molecule is CCC1CNc2cc(Cl)ccc2S1. The quantitative estimate of drug-likeness (QED) is 0.765. The molecular formula is C10H12ClNS. The monoisotopic (exact) mass is 213 g/mol. The Bertz CT molecular complexity index is 314. The summed E-state index contributed by atoms with van der Waals surface area (Å²) in [4.78, 5) is 1.32. The Morgan fingerprint density at radius 3 is 3.23 bits per heavy atom. The van der Waals surface area contributed by atoms with Crippen LogP contribution in [0.5, 0.6) is 0 Å². The van der Waals surface area contributed by atoms with Crippen LogP contribution in [0.1, 0.15) is 13.3 Å². The summed E-state index contributed by atoms with van der Waals surface area (Å²) < 4.78 is 0. The molecule has 1 unspecified atom stereocenters. The number of halogens is 1. The molecular weight excluding hydrogens is 202 g/mol. The van der Waals surface area contributed by atoms with Gasteiger partial charge in [-0.2, -0.15) is 0 Å². The molecule has 0 amide bonds. The Hall–Kier alpha value is -0.340. The Morgan fingerprint density at radius 2 is 2.46 bits per heavy atom. The summed E-state index contributed by atoms with van der Waals surface area (Å²) >= 11 is 7.84. The van der Waals surface area contributed by atoms with Gasteiger partial charge >= 0.3 is 0 Å². The van der Waals surface area contributed by atoms with Crippen molar-refractivity contribution in [2.24, 2.45) is 0 Å².